The summed E-state index contributed by atoms with van der Waals surface area (Å²) in [6, 6.07) is 16.1. The van der Waals surface area contributed by atoms with Crippen LogP contribution in [0.1, 0.15) is 17.2 Å². The summed E-state index contributed by atoms with van der Waals surface area (Å²) in [5.41, 5.74) is 3.44. The number of aliphatic hydroxyl groups excluding tert-OH is 1. The summed E-state index contributed by atoms with van der Waals surface area (Å²) in [7, 11) is 1.51. The molecule has 31 heavy (non-hydrogen) atoms. The highest BCUT2D eigenvalue weighted by molar-refractivity contribution is 6.30. The van der Waals surface area contributed by atoms with Crippen molar-refractivity contribution in [2.75, 3.05) is 5.43 Å². The van der Waals surface area contributed by atoms with Gasteiger partial charge in [0.25, 0.3) is 5.56 Å². The molecular weight excluding hydrogens is 420 g/mol. The number of aromatic nitrogens is 4. The number of hydrazone groups is 1. The molecule has 2 aromatic carbocycles. The topological polar surface area (TPSA) is 117 Å². The van der Waals surface area contributed by atoms with Gasteiger partial charge in [0, 0.05) is 12.1 Å². The fourth-order valence-corrected chi connectivity index (χ4v) is 3.29. The fourth-order valence-electron chi connectivity index (χ4n) is 3.16. The zero-order valence-electron chi connectivity index (χ0n) is 16.5. The third-order valence-corrected chi connectivity index (χ3v) is 5.05. The molecule has 0 saturated heterocycles. The first-order valence-electron chi connectivity index (χ1n) is 9.41. The highest BCUT2D eigenvalue weighted by atomic mass is 35.5. The second-order valence-corrected chi connectivity index (χ2v) is 7.32. The number of halogens is 1. The minimum Gasteiger partial charge on any atom is -0.387 e. The van der Waals surface area contributed by atoms with Gasteiger partial charge in [0.1, 0.15) is 0 Å². The maximum Gasteiger partial charge on any atom is 0.329 e. The fraction of sp³-hybridized carbons (Fsp3) is 0.143. The molecule has 4 rings (SSSR count). The number of imidazole rings is 1. The van der Waals surface area contributed by atoms with Crippen LogP contribution in [0.4, 0.5) is 5.95 Å². The number of rotatable bonds is 6. The molecule has 0 aliphatic carbocycles. The monoisotopic (exact) mass is 438 g/mol. The van der Waals surface area contributed by atoms with Crippen molar-refractivity contribution in [1.82, 2.24) is 19.1 Å². The SMILES string of the molecule is Cn1c(=O)[nH]c(=O)c2c1nc(N/N=C/c1ccc(Cl)cc1)n2CC(O)c1ccccc1. The van der Waals surface area contributed by atoms with Crippen LogP contribution in [0.15, 0.2) is 69.3 Å². The Morgan fingerprint density at radius 3 is 2.61 bits per heavy atom. The van der Waals surface area contributed by atoms with Crippen molar-refractivity contribution in [2.45, 2.75) is 12.6 Å². The molecule has 2 heterocycles. The number of nitrogens with zero attached hydrogens (tertiary/aromatic N) is 4. The van der Waals surface area contributed by atoms with Gasteiger partial charge in [-0.3, -0.25) is 18.9 Å². The normalized spacial score (nSPS) is 12.5. The first-order chi connectivity index (χ1) is 14.9. The molecule has 0 spiro atoms. The van der Waals surface area contributed by atoms with Crippen molar-refractivity contribution >= 4 is 34.9 Å². The molecule has 2 aromatic heterocycles. The molecule has 0 aliphatic rings. The van der Waals surface area contributed by atoms with E-state index in [9.17, 15) is 14.7 Å². The van der Waals surface area contributed by atoms with E-state index in [-0.39, 0.29) is 23.7 Å². The van der Waals surface area contributed by atoms with E-state index in [0.29, 0.717) is 10.6 Å². The second-order valence-electron chi connectivity index (χ2n) is 6.88. The number of fused-ring (bicyclic) bond motifs is 1. The van der Waals surface area contributed by atoms with Crippen LogP contribution >= 0.6 is 11.6 Å². The molecule has 0 saturated carbocycles. The largest absolute Gasteiger partial charge is 0.387 e. The van der Waals surface area contributed by atoms with Crippen LogP contribution in [0.2, 0.25) is 5.02 Å². The number of H-pyrrole nitrogens is 1. The Labute approximate surface area is 181 Å². The molecule has 4 aromatic rings. The zero-order valence-corrected chi connectivity index (χ0v) is 17.2. The van der Waals surface area contributed by atoms with Gasteiger partial charge in [-0.1, -0.05) is 54.1 Å². The smallest absolute Gasteiger partial charge is 0.329 e. The number of aliphatic hydroxyl groups is 1. The first-order valence-corrected chi connectivity index (χ1v) is 9.79. The molecular formula is C21H19ClN6O3. The lowest BCUT2D eigenvalue weighted by molar-refractivity contribution is 0.158. The molecule has 9 nitrogen and oxygen atoms in total. The lowest BCUT2D eigenvalue weighted by Gasteiger charge is -2.14. The van der Waals surface area contributed by atoms with E-state index >= 15 is 0 Å². The third-order valence-electron chi connectivity index (χ3n) is 4.80. The predicted octanol–water partition coefficient (Wildman–Crippen LogP) is 2.26. The standard InChI is InChI=1S/C21H19ClN6O3/c1-27-18-17(19(30)25-21(27)31)28(12-16(29)14-5-3-2-4-6-14)20(24-18)26-23-11-13-7-9-15(22)10-8-13/h2-11,16,29H,12H2,1H3,(H,24,26)(H,25,30,31)/b23-11+. The van der Waals surface area contributed by atoms with E-state index in [4.69, 9.17) is 11.6 Å². The number of aromatic amines is 1. The molecule has 158 valence electrons. The van der Waals surface area contributed by atoms with Crippen molar-refractivity contribution in [1.29, 1.82) is 0 Å². The quantitative estimate of drug-likeness (QED) is 0.315. The summed E-state index contributed by atoms with van der Waals surface area (Å²) in [6.45, 7) is 0.0284. The Kier molecular flexibility index (Phi) is 5.70. The van der Waals surface area contributed by atoms with Crippen LogP contribution < -0.4 is 16.7 Å². The molecule has 0 bridgehead atoms. The van der Waals surface area contributed by atoms with Gasteiger partial charge in [0.15, 0.2) is 11.2 Å². The lowest BCUT2D eigenvalue weighted by atomic mass is 10.1. The van der Waals surface area contributed by atoms with E-state index in [1.54, 1.807) is 42.6 Å². The maximum absolute atomic E-state index is 12.5. The Morgan fingerprint density at radius 1 is 1.19 bits per heavy atom. The summed E-state index contributed by atoms with van der Waals surface area (Å²) in [4.78, 5) is 31.2. The van der Waals surface area contributed by atoms with E-state index in [0.717, 1.165) is 5.56 Å². The summed E-state index contributed by atoms with van der Waals surface area (Å²) in [6.07, 6.45) is 0.660. The van der Waals surface area contributed by atoms with Crippen LogP contribution in [0, 0.1) is 0 Å². The minimum atomic E-state index is -0.906. The van der Waals surface area contributed by atoms with Crippen LogP contribution in [0.25, 0.3) is 11.2 Å². The third kappa shape index (κ3) is 4.27. The molecule has 10 heteroatoms. The maximum atomic E-state index is 12.5. The van der Waals surface area contributed by atoms with Crippen molar-refractivity contribution < 1.29 is 5.11 Å². The van der Waals surface area contributed by atoms with Crippen molar-refractivity contribution in [3.8, 4) is 0 Å². The number of benzene rings is 2. The number of aryl methyl sites for hydroxylation is 1. The molecule has 1 atom stereocenters. The van der Waals surface area contributed by atoms with Gasteiger partial charge in [0.05, 0.1) is 18.9 Å². The van der Waals surface area contributed by atoms with Crippen molar-refractivity contribution in [3.63, 3.8) is 0 Å². The predicted molar refractivity (Wildman–Crippen MR) is 120 cm³/mol. The number of hydrogen-bond donors (Lipinski definition) is 3. The average molecular weight is 439 g/mol. The highest BCUT2D eigenvalue weighted by Gasteiger charge is 2.20. The van der Waals surface area contributed by atoms with Crippen LogP contribution in [-0.4, -0.2) is 30.4 Å². The van der Waals surface area contributed by atoms with Crippen LogP contribution in [-0.2, 0) is 13.6 Å². The van der Waals surface area contributed by atoms with E-state index in [2.05, 4.69) is 20.5 Å². The van der Waals surface area contributed by atoms with Gasteiger partial charge in [-0.15, -0.1) is 0 Å². The van der Waals surface area contributed by atoms with E-state index in [1.807, 2.05) is 18.2 Å². The van der Waals surface area contributed by atoms with Gasteiger partial charge in [-0.25, -0.2) is 10.2 Å². The van der Waals surface area contributed by atoms with Crippen molar-refractivity contribution in [2.24, 2.45) is 12.1 Å². The average Bonchev–Trinajstić information content (AvgIpc) is 3.13. The first kappa shape index (κ1) is 20.6. The molecule has 0 radical (unpaired) electrons. The van der Waals surface area contributed by atoms with E-state index in [1.165, 1.54) is 16.2 Å². The van der Waals surface area contributed by atoms with Crippen LogP contribution in [0.5, 0.6) is 0 Å². The lowest BCUT2D eigenvalue weighted by Crippen LogP contribution is -2.29. The molecule has 1 unspecified atom stereocenters. The van der Waals surface area contributed by atoms with E-state index < -0.39 is 17.4 Å². The summed E-state index contributed by atoms with van der Waals surface area (Å²) < 4.78 is 2.74. The van der Waals surface area contributed by atoms with Crippen LogP contribution in [0.3, 0.4) is 0 Å². The molecule has 0 aliphatic heterocycles. The highest BCUT2D eigenvalue weighted by Crippen LogP contribution is 2.21. The number of anilines is 1. The number of hydrogen-bond acceptors (Lipinski definition) is 6. The van der Waals surface area contributed by atoms with Gasteiger partial charge < -0.3 is 5.11 Å². The summed E-state index contributed by atoms with van der Waals surface area (Å²) >= 11 is 5.89. The van der Waals surface area contributed by atoms with Crippen molar-refractivity contribution in [3.05, 3.63) is 91.6 Å². The van der Waals surface area contributed by atoms with Gasteiger partial charge in [-0.05, 0) is 23.3 Å². The van der Waals surface area contributed by atoms with Gasteiger partial charge in [-0.2, -0.15) is 10.1 Å². The van der Waals surface area contributed by atoms with Gasteiger partial charge in [0.2, 0.25) is 5.95 Å². The van der Waals surface area contributed by atoms with Gasteiger partial charge >= 0.3 is 5.69 Å². The Hall–Kier alpha value is -3.69. The Morgan fingerprint density at radius 2 is 1.90 bits per heavy atom. The summed E-state index contributed by atoms with van der Waals surface area (Å²) in [5, 5.41) is 15.5. The second kappa shape index (κ2) is 8.58. The number of nitrogens with one attached hydrogen (secondary N) is 2. The molecule has 3 N–H and O–H groups in total. The minimum absolute atomic E-state index is 0.0284. The Bertz CT molecular complexity index is 1360. The molecule has 0 fully saturated rings. The summed E-state index contributed by atoms with van der Waals surface area (Å²) in [5.74, 6) is 0.210. The Balaban J connectivity index is 1.74. The zero-order chi connectivity index (χ0) is 22.0. The molecule has 0 amide bonds.